The SMILES string of the molecule is CC(C)N1CCC(Cc2nnc3n2C(N)CCC3)CC1. The Kier molecular flexibility index (Phi) is 4.08. The lowest BCUT2D eigenvalue weighted by Crippen LogP contribution is -2.39. The van der Waals surface area contributed by atoms with Gasteiger partial charge in [-0.25, -0.2) is 0 Å². The highest BCUT2D eigenvalue weighted by Gasteiger charge is 2.26. The van der Waals surface area contributed by atoms with Crippen LogP contribution in [-0.2, 0) is 12.8 Å². The molecule has 3 heterocycles. The van der Waals surface area contributed by atoms with Crippen molar-refractivity contribution in [3.63, 3.8) is 0 Å². The van der Waals surface area contributed by atoms with Crippen molar-refractivity contribution in [2.45, 2.75) is 64.6 Å². The number of hydrogen-bond acceptors (Lipinski definition) is 4. The molecule has 0 aliphatic carbocycles. The van der Waals surface area contributed by atoms with Crippen LogP contribution in [0.5, 0.6) is 0 Å². The van der Waals surface area contributed by atoms with Gasteiger partial charge in [-0.2, -0.15) is 0 Å². The lowest BCUT2D eigenvalue weighted by Gasteiger charge is -2.34. The van der Waals surface area contributed by atoms with E-state index >= 15 is 0 Å². The van der Waals surface area contributed by atoms with Crippen molar-refractivity contribution >= 4 is 0 Å². The number of rotatable bonds is 3. The molecule has 1 fully saturated rings. The molecule has 1 aromatic rings. The van der Waals surface area contributed by atoms with Crippen molar-refractivity contribution in [3.8, 4) is 0 Å². The summed E-state index contributed by atoms with van der Waals surface area (Å²) in [5.74, 6) is 2.96. The van der Waals surface area contributed by atoms with Crippen molar-refractivity contribution < 1.29 is 0 Å². The van der Waals surface area contributed by atoms with Crippen LogP contribution >= 0.6 is 0 Å². The molecule has 2 N–H and O–H groups in total. The van der Waals surface area contributed by atoms with Gasteiger partial charge in [0.2, 0.25) is 0 Å². The second kappa shape index (κ2) is 5.82. The third kappa shape index (κ3) is 2.74. The molecule has 112 valence electrons. The molecule has 5 heteroatoms. The van der Waals surface area contributed by atoms with Crippen molar-refractivity contribution in [2.24, 2.45) is 11.7 Å². The maximum absolute atomic E-state index is 6.23. The highest BCUT2D eigenvalue weighted by molar-refractivity contribution is 5.02. The molecule has 1 aromatic heterocycles. The molecule has 5 nitrogen and oxygen atoms in total. The van der Waals surface area contributed by atoms with Gasteiger partial charge in [0.15, 0.2) is 0 Å². The van der Waals surface area contributed by atoms with E-state index in [0.29, 0.717) is 6.04 Å². The van der Waals surface area contributed by atoms with Crippen molar-refractivity contribution in [1.29, 1.82) is 0 Å². The lowest BCUT2D eigenvalue weighted by molar-refractivity contribution is 0.147. The normalized spacial score (nSPS) is 25.1. The van der Waals surface area contributed by atoms with E-state index in [1.165, 1.54) is 25.9 Å². The molecule has 1 atom stereocenters. The number of aryl methyl sites for hydroxylation is 1. The predicted octanol–water partition coefficient (Wildman–Crippen LogP) is 1.73. The average molecular weight is 277 g/mol. The van der Waals surface area contributed by atoms with Crippen molar-refractivity contribution in [2.75, 3.05) is 13.1 Å². The van der Waals surface area contributed by atoms with E-state index in [9.17, 15) is 0 Å². The van der Waals surface area contributed by atoms with Gasteiger partial charge < -0.3 is 10.6 Å². The van der Waals surface area contributed by atoms with Gasteiger partial charge in [-0.3, -0.25) is 4.57 Å². The molecule has 3 rings (SSSR count). The first-order chi connectivity index (χ1) is 9.65. The maximum Gasteiger partial charge on any atom is 0.134 e. The van der Waals surface area contributed by atoms with Gasteiger partial charge in [0.1, 0.15) is 11.6 Å². The standard InChI is InChI=1S/C15H27N5/c1-11(2)19-8-6-12(7-9-19)10-15-18-17-14-5-3-4-13(16)20(14)15/h11-13H,3-10,16H2,1-2H3. The van der Waals surface area contributed by atoms with Crippen LogP contribution in [0.1, 0.15) is 57.3 Å². The topological polar surface area (TPSA) is 60.0 Å². The summed E-state index contributed by atoms with van der Waals surface area (Å²) in [7, 11) is 0. The van der Waals surface area contributed by atoms with E-state index in [0.717, 1.165) is 43.3 Å². The lowest BCUT2D eigenvalue weighted by atomic mass is 9.92. The van der Waals surface area contributed by atoms with E-state index in [1.807, 2.05) is 0 Å². The van der Waals surface area contributed by atoms with Gasteiger partial charge in [-0.15, -0.1) is 10.2 Å². The van der Waals surface area contributed by atoms with Crippen LogP contribution in [0.4, 0.5) is 0 Å². The molecule has 0 saturated carbocycles. The van der Waals surface area contributed by atoms with Crippen LogP contribution in [0, 0.1) is 5.92 Å². The fourth-order valence-electron chi connectivity index (χ4n) is 3.58. The van der Waals surface area contributed by atoms with Crippen LogP contribution < -0.4 is 5.73 Å². The highest BCUT2D eigenvalue weighted by atomic mass is 15.3. The Morgan fingerprint density at radius 1 is 1.20 bits per heavy atom. The Morgan fingerprint density at radius 3 is 2.65 bits per heavy atom. The number of nitrogens with two attached hydrogens (primary N) is 1. The Bertz CT molecular complexity index is 445. The zero-order valence-electron chi connectivity index (χ0n) is 12.8. The minimum atomic E-state index is 0.0968. The summed E-state index contributed by atoms with van der Waals surface area (Å²) in [6.07, 6.45) is 6.93. The Hall–Kier alpha value is -0.940. The molecular weight excluding hydrogens is 250 g/mol. The Labute approximate surface area is 121 Å². The predicted molar refractivity (Wildman–Crippen MR) is 79.3 cm³/mol. The fraction of sp³-hybridized carbons (Fsp3) is 0.867. The molecule has 0 spiro atoms. The van der Waals surface area contributed by atoms with Crippen molar-refractivity contribution in [3.05, 3.63) is 11.6 Å². The van der Waals surface area contributed by atoms with E-state index in [4.69, 9.17) is 5.73 Å². The third-order valence-corrected chi connectivity index (χ3v) is 4.92. The van der Waals surface area contributed by atoms with Gasteiger partial charge >= 0.3 is 0 Å². The molecular formula is C15H27N5. The summed E-state index contributed by atoms with van der Waals surface area (Å²) < 4.78 is 2.21. The zero-order valence-corrected chi connectivity index (χ0v) is 12.8. The fourth-order valence-corrected chi connectivity index (χ4v) is 3.58. The largest absolute Gasteiger partial charge is 0.311 e. The molecule has 0 amide bonds. The number of aromatic nitrogens is 3. The summed E-state index contributed by atoms with van der Waals surface area (Å²) in [5, 5.41) is 8.75. The number of nitrogens with zero attached hydrogens (tertiary/aromatic N) is 4. The van der Waals surface area contributed by atoms with E-state index in [-0.39, 0.29) is 6.17 Å². The summed E-state index contributed by atoms with van der Waals surface area (Å²) >= 11 is 0. The third-order valence-electron chi connectivity index (χ3n) is 4.92. The summed E-state index contributed by atoms with van der Waals surface area (Å²) in [6.45, 7) is 7.01. The highest BCUT2D eigenvalue weighted by Crippen LogP contribution is 2.26. The number of fused-ring (bicyclic) bond motifs is 1. The van der Waals surface area contributed by atoms with Gasteiger partial charge in [0, 0.05) is 18.9 Å². The monoisotopic (exact) mass is 277 g/mol. The smallest absolute Gasteiger partial charge is 0.134 e. The van der Waals surface area contributed by atoms with Crippen LogP contribution in [0.2, 0.25) is 0 Å². The van der Waals surface area contributed by atoms with E-state index < -0.39 is 0 Å². The van der Waals surface area contributed by atoms with Crippen LogP contribution in [0.3, 0.4) is 0 Å². The summed E-state index contributed by atoms with van der Waals surface area (Å²) in [5.41, 5.74) is 6.23. The number of piperidine rings is 1. The molecule has 1 saturated heterocycles. The first kappa shape index (κ1) is 14.0. The molecule has 20 heavy (non-hydrogen) atoms. The minimum Gasteiger partial charge on any atom is -0.311 e. The van der Waals surface area contributed by atoms with Gasteiger partial charge in [-0.1, -0.05) is 0 Å². The van der Waals surface area contributed by atoms with Gasteiger partial charge in [0.25, 0.3) is 0 Å². The zero-order chi connectivity index (χ0) is 14.1. The summed E-state index contributed by atoms with van der Waals surface area (Å²) in [4.78, 5) is 2.57. The molecule has 0 aromatic carbocycles. The number of hydrogen-bond donors (Lipinski definition) is 1. The van der Waals surface area contributed by atoms with Crippen LogP contribution in [-0.4, -0.2) is 38.8 Å². The Balaban J connectivity index is 1.63. The quantitative estimate of drug-likeness (QED) is 0.914. The second-order valence-electron chi connectivity index (χ2n) is 6.64. The van der Waals surface area contributed by atoms with Gasteiger partial charge in [0.05, 0.1) is 6.17 Å². The Morgan fingerprint density at radius 2 is 1.95 bits per heavy atom. The molecule has 0 bridgehead atoms. The van der Waals surface area contributed by atoms with Crippen molar-refractivity contribution in [1.82, 2.24) is 19.7 Å². The maximum atomic E-state index is 6.23. The van der Waals surface area contributed by atoms with E-state index in [1.54, 1.807) is 0 Å². The molecule has 1 unspecified atom stereocenters. The van der Waals surface area contributed by atoms with Crippen LogP contribution in [0.15, 0.2) is 0 Å². The molecule has 0 radical (unpaired) electrons. The van der Waals surface area contributed by atoms with Gasteiger partial charge in [-0.05, 0) is 58.5 Å². The number of likely N-dealkylation sites (tertiary alicyclic amines) is 1. The first-order valence-electron chi connectivity index (χ1n) is 8.07. The average Bonchev–Trinajstić information content (AvgIpc) is 2.84. The summed E-state index contributed by atoms with van der Waals surface area (Å²) in [6, 6.07) is 0.672. The second-order valence-corrected chi connectivity index (χ2v) is 6.64. The van der Waals surface area contributed by atoms with E-state index in [2.05, 4.69) is 33.5 Å². The minimum absolute atomic E-state index is 0.0968. The molecule has 2 aliphatic heterocycles. The molecule has 2 aliphatic rings. The van der Waals surface area contributed by atoms with Crippen LogP contribution in [0.25, 0.3) is 0 Å². The first-order valence-corrected chi connectivity index (χ1v) is 8.07.